The molecule has 2 atom stereocenters. The summed E-state index contributed by atoms with van der Waals surface area (Å²) in [4.78, 5) is 7.70. The average molecular weight is 360 g/mol. The lowest BCUT2D eigenvalue weighted by Crippen LogP contribution is -2.56. The fourth-order valence-electron chi connectivity index (χ4n) is 3.57. The van der Waals surface area contributed by atoms with Gasteiger partial charge >= 0.3 is 0 Å². The van der Waals surface area contributed by atoms with Gasteiger partial charge in [0.2, 0.25) is 0 Å². The van der Waals surface area contributed by atoms with Crippen LogP contribution in [0.2, 0.25) is 0 Å². The van der Waals surface area contributed by atoms with E-state index in [1.807, 2.05) is 31.3 Å². The number of H-pyrrole nitrogens is 1. The molecule has 2 unspecified atom stereocenters. The molecule has 1 aliphatic heterocycles. The van der Waals surface area contributed by atoms with Crippen LogP contribution in [0.4, 0.5) is 0 Å². The summed E-state index contributed by atoms with van der Waals surface area (Å²) in [6.45, 7) is 1.92. The van der Waals surface area contributed by atoms with Crippen molar-refractivity contribution in [3.8, 4) is 16.9 Å². The van der Waals surface area contributed by atoms with Crippen molar-refractivity contribution < 1.29 is 4.74 Å². The van der Waals surface area contributed by atoms with Gasteiger partial charge in [-0.15, -0.1) is 0 Å². The Labute approximate surface area is 158 Å². The summed E-state index contributed by atoms with van der Waals surface area (Å²) in [6.07, 6.45) is 5.90. The third-order valence-electron chi connectivity index (χ3n) is 5.19. The standard InChI is InChI=1S/C22H24N4O/c1-14-7-9-22(24,21(23)26-14)13-18-11-16(5-6-20(18)27-2)17-4-3-15-8-10-25-19(15)12-17/h3-12,21,25H,13,23-24H2,1-2H3. The maximum atomic E-state index is 6.59. The van der Waals surface area contributed by atoms with E-state index in [4.69, 9.17) is 16.2 Å². The van der Waals surface area contributed by atoms with E-state index in [9.17, 15) is 0 Å². The third-order valence-corrected chi connectivity index (χ3v) is 5.19. The van der Waals surface area contributed by atoms with Crippen LogP contribution < -0.4 is 16.2 Å². The number of aromatic nitrogens is 1. The fraction of sp³-hybridized carbons (Fsp3) is 0.227. The monoisotopic (exact) mass is 360 g/mol. The fourth-order valence-corrected chi connectivity index (χ4v) is 3.57. The largest absolute Gasteiger partial charge is 0.496 e. The van der Waals surface area contributed by atoms with Crippen LogP contribution in [-0.4, -0.2) is 29.5 Å². The number of methoxy groups -OCH3 is 1. The number of allylic oxidation sites excluding steroid dienone is 1. The average Bonchev–Trinajstić information content (AvgIpc) is 3.13. The molecule has 5 N–H and O–H groups in total. The molecule has 27 heavy (non-hydrogen) atoms. The van der Waals surface area contributed by atoms with Gasteiger partial charge in [-0.3, -0.25) is 4.99 Å². The van der Waals surface area contributed by atoms with Crippen molar-refractivity contribution in [3.05, 3.63) is 66.4 Å². The van der Waals surface area contributed by atoms with Gasteiger partial charge in [-0.25, -0.2) is 0 Å². The number of hydrogen-bond donors (Lipinski definition) is 3. The van der Waals surface area contributed by atoms with Crippen molar-refractivity contribution in [1.82, 2.24) is 4.98 Å². The summed E-state index contributed by atoms with van der Waals surface area (Å²) in [6, 6.07) is 14.6. The zero-order valence-corrected chi connectivity index (χ0v) is 15.6. The third kappa shape index (κ3) is 3.27. The smallest absolute Gasteiger partial charge is 0.122 e. The lowest BCUT2D eigenvalue weighted by Gasteiger charge is -2.33. The molecule has 2 aromatic carbocycles. The second-order valence-corrected chi connectivity index (χ2v) is 7.14. The Kier molecular flexibility index (Phi) is 4.34. The second-order valence-electron chi connectivity index (χ2n) is 7.14. The van der Waals surface area contributed by atoms with Crippen molar-refractivity contribution >= 4 is 16.6 Å². The first-order valence-electron chi connectivity index (χ1n) is 9.01. The van der Waals surface area contributed by atoms with E-state index < -0.39 is 11.7 Å². The highest BCUT2D eigenvalue weighted by molar-refractivity contribution is 5.94. The Morgan fingerprint density at radius 2 is 1.93 bits per heavy atom. The molecule has 1 aromatic heterocycles. The molecule has 0 radical (unpaired) electrons. The van der Waals surface area contributed by atoms with Gasteiger partial charge in [0.25, 0.3) is 0 Å². The number of aliphatic imine (C=N–C) groups is 1. The maximum Gasteiger partial charge on any atom is 0.122 e. The van der Waals surface area contributed by atoms with Crippen molar-refractivity contribution in [2.45, 2.75) is 25.0 Å². The molecule has 0 bridgehead atoms. The minimum absolute atomic E-state index is 0.480. The first-order valence-corrected chi connectivity index (χ1v) is 9.01. The highest BCUT2D eigenvalue weighted by Crippen LogP contribution is 2.32. The molecule has 5 nitrogen and oxygen atoms in total. The molecule has 0 aliphatic carbocycles. The number of hydrogen-bond acceptors (Lipinski definition) is 4. The number of nitrogens with one attached hydrogen (secondary N) is 1. The van der Waals surface area contributed by atoms with Gasteiger partial charge in [-0.2, -0.15) is 0 Å². The van der Waals surface area contributed by atoms with E-state index >= 15 is 0 Å². The van der Waals surface area contributed by atoms with Crippen LogP contribution in [0.1, 0.15) is 12.5 Å². The van der Waals surface area contributed by atoms with Gasteiger partial charge in [-0.05, 0) is 59.3 Å². The second kappa shape index (κ2) is 6.68. The van der Waals surface area contributed by atoms with Crippen molar-refractivity contribution in [2.75, 3.05) is 7.11 Å². The summed E-state index contributed by atoms with van der Waals surface area (Å²) in [5.41, 5.74) is 17.3. The summed E-state index contributed by atoms with van der Waals surface area (Å²) < 4.78 is 5.57. The first-order chi connectivity index (χ1) is 13.0. The minimum atomic E-state index is -0.741. The van der Waals surface area contributed by atoms with E-state index in [-0.39, 0.29) is 0 Å². The van der Waals surface area contributed by atoms with Crippen LogP contribution in [0.15, 0.2) is 65.8 Å². The van der Waals surface area contributed by atoms with Crippen LogP contribution >= 0.6 is 0 Å². The zero-order valence-electron chi connectivity index (χ0n) is 15.6. The molecular formula is C22H24N4O. The van der Waals surface area contributed by atoms with Crippen LogP contribution in [-0.2, 0) is 6.42 Å². The van der Waals surface area contributed by atoms with Crippen LogP contribution in [0.25, 0.3) is 22.0 Å². The number of nitrogens with zero attached hydrogens (tertiary/aromatic N) is 1. The molecule has 0 saturated heterocycles. The van der Waals surface area contributed by atoms with E-state index in [2.05, 4.69) is 46.4 Å². The quantitative estimate of drug-likeness (QED) is 0.666. The highest BCUT2D eigenvalue weighted by Gasteiger charge is 2.33. The molecule has 0 amide bonds. The molecule has 0 fully saturated rings. The molecule has 0 spiro atoms. The van der Waals surface area contributed by atoms with Crippen molar-refractivity contribution in [3.63, 3.8) is 0 Å². The van der Waals surface area contributed by atoms with E-state index in [0.29, 0.717) is 6.42 Å². The number of dihydropyridines is 1. The zero-order chi connectivity index (χ0) is 19.0. The lowest BCUT2D eigenvalue weighted by molar-refractivity contribution is 0.389. The molecule has 1 aliphatic rings. The number of nitrogens with two attached hydrogens (primary N) is 2. The molecule has 4 rings (SSSR count). The Morgan fingerprint density at radius 3 is 2.70 bits per heavy atom. The molecular weight excluding hydrogens is 336 g/mol. The van der Waals surface area contributed by atoms with Gasteiger partial charge < -0.3 is 21.2 Å². The summed E-state index contributed by atoms with van der Waals surface area (Å²) in [5, 5.41) is 1.19. The number of aromatic amines is 1. The summed E-state index contributed by atoms with van der Waals surface area (Å²) >= 11 is 0. The lowest BCUT2D eigenvalue weighted by atomic mass is 9.85. The van der Waals surface area contributed by atoms with Gasteiger partial charge in [0.1, 0.15) is 11.9 Å². The van der Waals surface area contributed by atoms with E-state index in [0.717, 1.165) is 33.7 Å². The van der Waals surface area contributed by atoms with Crippen LogP contribution in [0.5, 0.6) is 5.75 Å². The van der Waals surface area contributed by atoms with Crippen LogP contribution in [0, 0.1) is 0 Å². The number of benzene rings is 2. The summed E-state index contributed by atoms with van der Waals surface area (Å²) in [5.74, 6) is 0.802. The van der Waals surface area contributed by atoms with Gasteiger partial charge in [0.05, 0.1) is 12.6 Å². The van der Waals surface area contributed by atoms with E-state index in [1.54, 1.807) is 7.11 Å². The molecule has 2 heterocycles. The Hall–Kier alpha value is -2.89. The predicted molar refractivity (Wildman–Crippen MR) is 111 cm³/mol. The Morgan fingerprint density at radius 1 is 1.15 bits per heavy atom. The highest BCUT2D eigenvalue weighted by atomic mass is 16.5. The number of rotatable bonds is 4. The van der Waals surface area contributed by atoms with Crippen LogP contribution in [0.3, 0.4) is 0 Å². The van der Waals surface area contributed by atoms with Crippen molar-refractivity contribution in [2.24, 2.45) is 16.5 Å². The van der Waals surface area contributed by atoms with E-state index in [1.165, 1.54) is 5.39 Å². The molecule has 3 aromatic rings. The predicted octanol–water partition coefficient (Wildman–Crippen LogP) is 3.40. The molecule has 0 saturated carbocycles. The topological polar surface area (TPSA) is 89.4 Å². The normalized spacial score (nSPS) is 22.1. The molecule has 138 valence electrons. The Balaban J connectivity index is 1.72. The van der Waals surface area contributed by atoms with Gasteiger partial charge in [-0.1, -0.05) is 24.3 Å². The Bertz CT molecular complexity index is 1050. The number of fused-ring (bicyclic) bond motifs is 1. The molecule has 5 heteroatoms. The summed E-state index contributed by atoms with van der Waals surface area (Å²) in [7, 11) is 1.67. The van der Waals surface area contributed by atoms with Crippen molar-refractivity contribution in [1.29, 1.82) is 0 Å². The van der Waals surface area contributed by atoms with Gasteiger partial charge in [0.15, 0.2) is 0 Å². The van der Waals surface area contributed by atoms with Gasteiger partial charge in [0, 0.05) is 23.8 Å². The first kappa shape index (κ1) is 17.5. The maximum absolute atomic E-state index is 6.59. The number of ether oxygens (including phenoxy) is 1. The minimum Gasteiger partial charge on any atom is -0.496 e. The SMILES string of the molecule is COc1ccc(-c2ccc3cc[nH]c3c2)cc1CC1(N)C=CC(C)=NC1N.